The number of fused-ring (bicyclic) bond motifs is 1. The molecule has 1 amide bonds. The van der Waals surface area contributed by atoms with Crippen molar-refractivity contribution >= 4 is 34.1 Å². The van der Waals surface area contributed by atoms with E-state index in [1.807, 2.05) is 6.92 Å². The normalized spacial score (nSPS) is 20.2. The van der Waals surface area contributed by atoms with Crippen molar-refractivity contribution in [1.82, 2.24) is 9.97 Å². The van der Waals surface area contributed by atoms with Crippen molar-refractivity contribution in [3.05, 3.63) is 71.8 Å². The Hall–Kier alpha value is -3.98. The molecule has 4 rings (SSSR count). The number of aliphatic hydroxyl groups excluding tert-OH is 1. The minimum absolute atomic E-state index is 0.0491. The monoisotopic (exact) mass is 419 g/mol. The average Bonchev–Trinajstić information content (AvgIpc) is 3.32. The fourth-order valence-corrected chi connectivity index (χ4v) is 3.80. The third kappa shape index (κ3) is 3.44. The van der Waals surface area contributed by atoms with Gasteiger partial charge in [-0.25, -0.2) is 4.98 Å². The number of nitrogens with two attached hydrogens (primary N) is 1. The quantitative estimate of drug-likeness (QED) is 0.617. The number of carbonyl (C=O) groups excluding carboxylic acids is 2. The lowest BCUT2D eigenvalue weighted by atomic mass is 9.89. The summed E-state index contributed by atoms with van der Waals surface area (Å²) in [6.07, 6.45) is 7.38. The Morgan fingerprint density at radius 1 is 1.42 bits per heavy atom. The molecular weight excluding hydrogens is 398 g/mol. The number of imidazole rings is 1. The number of nitrogens with zero attached hydrogens (tertiary/aromatic N) is 3. The number of benzene rings is 1. The molecule has 0 fully saturated rings. The lowest BCUT2D eigenvalue weighted by Crippen LogP contribution is -2.38. The third-order valence-corrected chi connectivity index (χ3v) is 5.24. The van der Waals surface area contributed by atoms with Gasteiger partial charge in [-0.3, -0.25) is 14.5 Å². The number of hydrogen-bond donors (Lipinski definition) is 3. The molecule has 4 N–H and O–H groups in total. The highest BCUT2D eigenvalue weighted by atomic mass is 16.7. The minimum Gasteiger partial charge on any atom is -0.503 e. The molecule has 1 aromatic carbocycles. The largest absolute Gasteiger partial charge is 0.503 e. The molecule has 1 aliphatic heterocycles. The Labute approximate surface area is 177 Å². The van der Waals surface area contributed by atoms with Gasteiger partial charge in [0.05, 0.1) is 29.0 Å². The van der Waals surface area contributed by atoms with Crippen LogP contribution in [0.15, 0.2) is 77.0 Å². The van der Waals surface area contributed by atoms with E-state index in [9.17, 15) is 14.7 Å². The molecule has 1 aromatic heterocycles. The van der Waals surface area contributed by atoms with Gasteiger partial charge >= 0.3 is 0 Å². The zero-order chi connectivity index (χ0) is 22.1. The lowest BCUT2D eigenvalue weighted by molar-refractivity contribution is -0.118. The van der Waals surface area contributed by atoms with Crippen LogP contribution in [0.3, 0.4) is 0 Å². The average molecular weight is 419 g/mol. The molecule has 9 nitrogen and oxygen atoms in total. The summed E-state index contributed by atoms with van der Waals surface area (Å²) in [6, 6.07) is 4.38. The fraction of sp³-hybridized carbons (Fsp3) is 0.182. The summed E-state index contributed by atoms with van der Waals surface area (Å²) in [6.45, 7) is 5.74. The van der Waals surface area contributed by atoms with Crippen LogP contribution in [0.5, 0.6) is 0 Å². The van der Waals surface area contributed by atoms with Gasteiger partial charge in [0.2, 0.25) is 0 Å². The summed E-state index contributed by atoms with van der Waals surface area (Å²) < 4.78 is 0. The Morgan fingerprint density at radius 3 is 2.97 bits per heavy atom. The van der Waals surface area contributed by atoms with E-state index >= 15 is 0 Å². The molecule has 31 heavy (non-hydrogen) atoms. The molecule has 0 saturated heterocycles. The zero-order valence-electron chi connectivity index (χ0n) is 16.8. The third-order valence-electron chi connectivity index (χ3n) is 5.24. The molecule has 0 spiro atoms. The van der Waals surface area contributed by atoms with Crippen molar-refractivity contribution in [1.29, 1.82) is 0 Å². The number of oxime groups is 1. The summed E-state index contributed by atoms with van der Waals surface area (Å²) in [5.41, 5.74) is 3.47. The van der Waals surface area contributed by atoms with Gasteiger partial charge in [-0.05, 0) is 41.8 Å². The molecule has 0 radical (unpaired) electrons. The minimum atomic E-state index is -0.848. The summed E-state index contributed by atoms with van der Waals surface area (Å²) in [5.74, 6) is 3.57. The van der Waals surface area contributed by atoms with Crippen molar-refractivity contribution < 1.29 is 19.6 Å². The summed E-state index contributed by atoms with van der Waals surface area (Å²) in [7, 11) is 0. The van der Waals surface area contributed by atoms with Crippen LogP contribution in [-0.4, -0.2) is 38.5 Å². The highest BCUT2D eigenvalue weighted by molar-refractivity contribution is 6.19. The summed E-state index contributed by atoms with van der Waals surface area (Å²) in [4.78, 5) is 39.0. The lowest BCUT2D eigenvalue weighted by Gasteiger charge is -2.28. The van der Waals surface area contributed by atoms with E-state index in [1.54, 1.807) is 42.8 Å². The Kier molecular flexibility index (Phi) is 5.26. The molecule has 9 heteroatoms. The van der Waals surface area contributed by atoms with Crippen LogP contribution in [-0.2, 0) is 14.5 Å². The number of hydrogen-bond acceptors (Lipinski definition) is 7. The highest BCUT2D eigenvalue weighted by Gasteiger charge is 2.45. The van der Waals surface area contributed by atoms with Crippen LogP contribution in [0.4, 0.5) is 5.69 Å². The number of amides is 1. The molecule has 2 aliphatic rings. The number of nitrogens with one attached hydrogen (secondary N) is 1. The number of carbonyl (C=O) groups is 2. The van der Waals surface area contributed by atoms with E-state index in [4.69, 9.17) is 5.90 Å². The molecule has 2 aromatic rings. The predicted molar refractivity (Wildman–Crippen MR) is 116 cm³/mol. The van der Waals surface area contributed by atoms with Gasteiger partial charge in [0.15, 0.2) is 11.5 Å². The SMILES string of the molecule is C=C1C=CC(C2C(C(=O)CCC)=C(O)C(=O)N2c2ccc3nc[nH]c3c2)=C/C1=N/ON. The number of allylic oxidation sites excluding steroid dienone is 3. The van der Waals surface area contributed by atoms with Gasteiger partial charge in [-0.2, -0.15) is 0 Å². The van der Waals surface area contributed by atoms with E-state index in [2.05, 4.69) is 26.6 Å². The predicted octanol–water partition coefficient (Wildman–Crippen LogP) is 2.76. The molecule has 1 aliphatic carbocycles. The van der Waals surface area contributed by atoms with E-state index in [0.29, 0.717) is 29.0 Å². The van der Waals surface area contributed by atoms with Gasteiger partial charge < -0.3 is 15.0 Å². The molecular formula is C22H21N5O4. The van der Waals surface area contributed by atoms with Crippen LogP contribution in [0, 0.1) is 0 Å². The van der Waals surface area contributed by atoms with Gasteiger partial charge in [-0.1, -0.05) is 30.8 Å². The maximum absolute atomic E-state index is 13.1. The topological polar surface area (TPSA) is 134 Å². The van der Waals surface area contributed by atoms with Crippen molar-refractivity contribution in [3.63, 3.8) is 0 Å². The maximum atomic E-state index is 13.1. The van der Waals surface area contributed by atoms with Crippen molar-refractivity contribution in [3.8, 4) is 0 Å². The van der Waals surface area contributed by atoms with Gasteiger partial charge in [0.25, 0.3) is 5.91 Å². The summed E-state index contributed by atoms with van der Waals surface area (Å²) >= 11 is 0. The van der Waals surface area contributed by atoms with Crippen molar-refractivity contribution in [2.45, 2.75) is 25.8 Å². The number of Topliss-reactive ketones (excluding diaryl/α,β-unsaturated/α-hetero) is 1. The zero-order valence-corrected chi connectivity index (χ0v) is 16.8. The van der Waals surface area contributed by atoms with Gasteiger partial charge in [-0.15, -0.1) is 5.90 Å². The first-order valence-corrected chi connectivity index (χ1v) is 9.72. The second-order valence-electron chi connectivity index (χ2n) is 7.20. The van der Waals surface area contributed by atoms with Gasteiger partial charge in [0, 0.05) is 12.1 Å². The second kappa shape index (κ2) is 8.04. The Morgan fingerprint density at radius 2 is 2.23 bits per heavy atom. The first-order chi connectivity index (χ1) is 15.0. The molecule has 0 bridgehead atoms. The van der Waals surface area contributed by atoms with Crippen molar-refractivity contribution in [2.24, 2.45) is 11.1 Å². The van der Waals surface area contributed by atoms with Gasteiger partial charge in [0.1, 0.15) is 5.71 Å². The van der Waals surface area contributed by atoms with E-state index in [1.165, 1.54) is 4.90 Å². The number of anilines is 1. The summed E-state index contributed by atoms with van der Waals surface area (Å²) in [5, 5.41) is 14.4. The maximum Gasteiger partial charge on any atom is 0.294 e. The number of aromatic nitrogens is 2. The second-order valence-corrected chi connectivity index (χ2v) is 7.20. The van der Waals surface area contributed by atoms with Crippen LogP contribution in [0.2, 0.25) is 0 Å². The number of H-pyrrole nitrogens is 1. The standard InChI is InChI=1S/C22H21N5O4/c1-3-4-18(28)19-20(13-6-5-12(2)16(9-13)26-31-23)27(22(30)21(19)29)14-7-8-15-17(10-14)25-11-24-15/h5-11,20,29H,2-4,23H2,1H3,(H,24,25)/b26-16-. The van der Waals surface area contributed by atoms with Crippen LogP contribution in [0.25, 0.3) is 11.0 Å². The van der Waals surface area contributed by atoms with Crippen LogP contribution < -0.4 is 10.8 Å². The molecule has 1 unspecified atom stereocenters. The molecule has 158 valence electrons. The number of ketones is 1. The van der Waals surface area contributed by atoms with Crippen LogP contribution in [0.1, 0.15) is 19.8 Å². The first-order valence-electron chi connectivity index (χ1n) is 9.72. The molecule has 2 heterocycles. The van der Waals surface area contributed by atoms with Crippen molar-refractivity contribution in [2.75, 3.05) is 4.90 Å². The Balaban J connectivity index is 1.87. The fourth-order valence-electron chi connectivity index (χ4n) is 3.80. The first kappa shape index (κ1) is 20.3. The molecule has 1 atom stereocenters. The Bertz CT molecular complexity index is 1220. The number of aliphatic hydroxyl groups is 1. The number of aromatic amines is 1. The highest BCUT2D eigenvalue weighted by Crippen LogP contribution is 2.37. The van der Waals surface area contributed by atoms with E-state index in [-0.39, 0.29) is 17.8 Å². The number of rotatable bonds is 6. The van der Waals surface area contributed by atoms with Crippen LogP contribution >= 0.6 is 0 Å². The molecule has 0 saturated carbocycles. The van der Waals surface area contributed by atoms with E-state index in [0.717, 1.165) is 11.0 Å². The van der Waals surface area contributed by atoms with E-state index < -0.39 is 17.7 Å². The smallest absolute Gasteiger partial charge is 0.294 e.